The Morgan fingerprint density at radius 1 is 1.13 bits per heavy atom. The lowest BCUT2D eigenvalue weighted by Crippen LogP contribution is -2.22. The molecule has 0 aliphatic heterocycles. The second kappa shape index (κ2) is 11.5. The molecule has 0 aliphatic carbocycles. The summed E-state index contributed by atoms with van der Waals surface area (Å²) in [4.78, 5) is 15.5. The summed E-state index contributed by atoms with van der Waals surface area (Å²) in [6.45, 7) is 5.11. The first-order valence-corrected chi connectivity index (χ1v) is 8.47. The SMILES string of the molecule is CCOC(=O)CCCCCCN=C(N)Nc1ccc(CC)cc1. The van der Waals surface area contributed by atoms with Crippen molar-refractivity contribution in [3.63, 3.8) is 0 Å². The molecule has 1 rings (SSSR count). The molecule has 0 aliphatic rings. The second-order valence-electron chi connectivity index (χ2n) is 5.41. The van der Waals surface area contributed by atoms with Crippen molar-refractivity contribution < 1.29 is 9.53 Å². The molecule has 1 aromatic rings. The number of ether oxygens (including phenoxy) is 1. The van der Waals surface area contributed by atoms with Crippen LogP contribution in [0.2, 0.25) is 0 Å². The Morgan fingerprint density at radius 3 is 2.48 bits per heavy atom. The van der Waals surface area contributed by atoms with Crippen LogP contribution in [0.15, 0.2) is 29.3 Å². The molecule has 0 spiro atoms. The van der Waals surface area contributed by atoms with Gasteiger partial charge < -0.3 is 15.8 Å². The van der Waals surface area contributed by atoms with E-state index < -0.39 is 0 Å². The van der Waals surface area contributed by atoms with Gasteiger partial charge in [-0.2, -0.15) is 0 Å². The predicted molar refractivity (Wildman–Crippen MR) is 95.7 cm³/mol. The van der Waals surface area contributed by atoms with Gasteiger partial charge in [-0.3, -0.25) is 9.79 Å². The van der Waals surface area contributed by atoms with Crippen LogP contribution in [0.5, 0.6) is 0 Å². The summed E-state index contributed by atoms with van der Waals surface area (Å²) < 4.78 is 4.89. The number of nitrogens with one attached hydrogen (secondary N) is 1. The molecule has 128 valence electrons. The van der Waals surface area contributed by atoms with Crippen LogP contribution < -0.4 is 11.1 Å². The molecule has 5 heteroatoms. The van der Waals surface area contributed by atoms with Crippen LogP contribution in [0.3, 0.4) is 0 Å². The average Bonchev–Trinajstić information content (AvgIpc) is 2.55. The number of unbranched alkanes of at least 4 members (excludes halogenated alkanes) is 3. The molecule has 0 radical (unpaired) electrons. The largest absolute Gasteiger partial charge is 0.466 e. The van der Waals surface area contributed by atoms with E-state index in [1.54, 1.807) is 0 Å². The minimum atomic E-state index is -0.104. The third-order valence-electron chi connectivity index (χ3n) is 3.51. The highest BCUT2D eigenvalue weighted by Gasteiger charge is 2.00. The number of carbonyl (C=O) groups excluding carboxylic acids is 1. The maximum atomic E-state index is 11.2. The Balaban J connectivity index is 2.13. The lowest BCUT2D eigenvalue weighted by molar-refractivity contribution is -0.143. The van der Waals surface area contributed by atoms with Crippen molar-refractivity contribution in [3.05, 3.63) is 29.8 Å². The summed E-state index contributed by atoms with van der Waals surface area (Å²) in [6, 6.07) is 8.19. The second-order valence-corrected chi connectivity index (χ2v) is 5.41. The molecule has 1 aromatic carbocycles. The van der Waals surface area contributed by atoms with Crippen molar-refractivity contribution >= 4 is 17.6 Å². The molecule has 0 heterocycles. The van der Waals surface area contributed by atoms with Gasteiger partial charge in [0.1, 0.15) is 0 Å². The maximum Gasteiger partial charge on any atom is 0.305 e. The molecule has 5 nitrogen and oxygen atoms in total. The van der Waals surface area contributed by atoms with E-state index in [-0.39, 0.29) is 5.97 Å². The third kappa shape index (κ3) is 8.86. The van der Waals surface area contributed by atoms with Crippen LogP contribution in [0.4, 0.5) is 5.69 Å². The molecule has 0 aromatic heterocycles. The number of guanidine groups is 1. The quantitative estimate of drug-likeness (QED) is 0.299. The van der Waals surface area contributed by atoms with Gasteiger partial charge in [-0.05, 0) is 43.9 Å². The summed E-state index contributed by atoms with van der Waals surface area (Å²) >= 11 is 0. The third-order valence-corrected chi connectivity index (χ3v) is 3.51. The number of esters is 1. The molecule has 0 bridgehead atoms. The normalized spacial score (nSPS) is 11.3. The van der Waals surface area contributed by atoms with E-state index in [4.69, 9.17) is 10.5 Å². The summed E-state index contributed by atoms with van der Waals surface area (Å²) in [5.74, 6) is 0.342. The van der Waals surface area contributed by atoms with Crippen LogP contribution in [0, 0.1) is 0 Å². The van der Waals surface area contributed by atoms with Gasteiger partial charge in [-0.1, -0.05) is 31.9 Å². The lowest BCUT2D eigenvalue weighted by Gasteiger charge is -2.06. The number of aliphatic imine (C=N–C) groups is 1. The number of benzene rings is 1. The van der Waals surface area contributed by atoms with Gasteiger partial charge in [0.05, 0.1) is 6.61 Å². The molecule has 3 N–H and O–H groups in total. The molecule has 0 saturated carbocycles. The number of carbonyl (C=O) groups is 1. The highest BCUT2D eigenvalue weighted by molar-refractivity contribution is 5.92. The topological polar surface area (TPSA) is 76.7 Å². The zero-order valence-electron chi connectivity index (χ0n) is 14.3. The highest BCUT2D eigenvalue weighted by atomic mass is 16.5. The fraction of sp³-hybridized carbons (Fsp3) is 0.556. The first kappa shape index (κ1) is 19.0. The van der Waals surface area contributed by atoms with Crippen molar-refractivity contribution in [1.29, 1.82) is 0 Å². The summed E-state index contributed by atoms with van der Waals surface area (Å²) in [5, 5.41) is 3.09. The van der Waals surface area contributed by atoms with Crippen molar-refractivity contribution in [2.24, 2.45) is 10.7 Å². The summed E-state index contributed by atoms with van der Waals surface area (Å²) in [6.07, 6.45) is 5.44. The molecule has 0 unspecified atom stereocenters. The Hall–Kier alpha value is -2.04. The van der Waals surface area contributed by atoms with Gasteiger partial charge in [0.2, 0.25) is 0 Å². The summed E-state index contributed by atoms with van der Waals surface area (Å²) in [7, 11) is 0. The smallest absolute Gasteiger partial charge is 0.305 e. The van der Waals surface area contributed by atoms with E-state index in [2.05, 4.69) is 29.4 Å². The molecule has 0 fully saturated rings. The van der Waals surface area contributed by atoms with E-state index in [0.717, 1.165) is 37.8 Å². The first-order chi connectivity index (χ1) is 11.2. The van der Waals surface area contributed by atoms with Crippen LogP contribution in [-0.2, 0) is 16.0 Å². The standard InChI is InChI=1S/C18H29N3O2/c1-3-15-10-12-16(13-11-15)21-18(19)20-14-8-6-5-7-9-17(22)23-4-2/h10-13H,3-9,14H2,1-2H3,(H3,19,20,21). The Labute approximate surface area is 139 Å². The van der Waals surface area contributed by atoms with Crippen LogP contribution >= 0.6 is 0 Å². The molecule has 0 atom stereocenters. The van der Waals surface area contributed by atoms with E-state index in [9.17, 15) is 4.79 Å². The average molecular weight is 319 g/mol. The predicted octanol–water partition coefficient (Wildman–Crippen LogP) is 3.49. The van der Waals surface area contributed by atoms with Crippen LogP contribution in [-0.4, -0.2) is 25.1 Å². The monoisotopic (exact) mass is 319 g/mol. The van der Waals surface area contributed by atoms with E-state index in [0.29, 0.717) is 25.5 Å². The number of nitrogens with zero attached hydrogens (tertiary/aromatic N) is 1. The fourth-order valence-corrected chi connectivity index (χ4v) is 2.18. The van der Waals surface area contributed by atoms with Crippen molar-refractivity contribution in [2.75, 3.05) is 18.5 Å². The van der Waals surface area contributed by atoms with Crippen molar-refractivity contribution in [1.82, 2.24) is 0 Å². The number of nitrogens with two attached hydrogens (primary N) is 1. The molecule has 0 amide bonds. The molecular weight excluding hydrogens is 290 g/mol. The highest BCUT2D eigenvalue weighted by Crippen LogP contribution is 2.09. The number of aryl methyl sites for hydroxylation is 1. The summed E-state index contributed by atoms with van der Waals surface area (Å²) in [5.41, 5.74) is 8.12. The Bertz CT molecular complexity index is 484. The van der Waals surface area contributed by atoms with E-state index >= 15 is 0 Å². The van der Waals surface area contributed by atoms with Crippen molar-refractivity contribution in [2.45, 2.75) is 52.4 Å². The first-order valence-electron chi connectivity index (χ1n) is 8.47. The van der Waals surface area contributed by atoms with E-state index in [1.165, 1.54) is 5.56 Å². The van der Waals surface area contributed by atoms with Gasteiger partial charge in [-0.15, -0.1) is 0 Å². The van der Waals surface area contributed by atoms with Gasteiger partial charge in [0, 0.05) is 18.7 Å². The number of anilines is 1. The minimum Gasteiger partial charge on any atom is -0.466 e. The fourth-order valence-electron chi connectivity index (χ4n) is 2.18. The number of rotatable bonds is 10. The number of hydrogen-bond donors (Lipinski definition) is 2. The van der Waals surface area contributed by atoms with E-state index in [1.807, 2.05) is 19.1 Å². The van der Waals surface area contributed by atoms with Gasteiger partial charge in [0.25, 0.3) is 0 Å². The van der Waals surface area contributed by atoms with Crippen LogP contribution in [0.25, 0.3) is 0 Å². The van der Waals surface area contributed by atoms with Gasteiger partial charge in [-0.25, -0.2) is 0 Å². The van der Waals surface area contributed by atoms with Gasteiger partial charge in [0.15, 0.2) is 5.96 Å². The zero-order valence-corrected chi connectivity index (χ0v) is 14.3. The Kier molecular flexibility index (Phi) is 9.52. The van der Waals surface area contributed by atoms with Crippen LogP contribution in [0.1, 0.15) is 51.5 Å². The van der Waals surface area contributed by atoms with Crippen molar-refractivity contribution in [3.8, 4) is 0 Å². The molecule has 23 heavy (non-hydrogen) atoms. The Morgan fingerprint density at radius 2 is 1.83 bits per heavy atom. The zero-order chi connectivity index (χ0) is 16.9. The minimum absolute atomic E-state index is 0.104. The molecule has 0 saturated heterocycles. The number of hydrogen-bond acceptors (Lipinski definition) is 3. The van der Waals surface area contributed by atoms with Gasteiger partial charge >= 0.3 is 5.97 Å². The lowest BCUT2D eigenvalue weighted by atomic mass is 10.1. The maximum absolute atomic E-state index is 11.2. The molecular formula is C18H29N3O2.